The Labute approximate surface area is 145 Å². The van der Waals surface area contributed by atoms with E-state index in [1.165, 1.54) is 15.3 Å². The highest BCUT2D eigenvalue weighted by atomic mass is 32.1. The van der Waals surface area contributed by atoms with E-state index in [1.54, 1.807) is 35.6 Å². The molecule has 1 heterocycles. The first-order valence-electron chi connectivity index (χ1n) is 7.74. The Hall–Kier alpha value is -2.34. The zero-order valence-corrected chi connectivity index (χ0v) is 14.6. The first kappa shape index (κ1) is 18.0. The molecule has 0 saturated carbocycles. The number of anilines is 1. The van der Waals surface area contributed by atoms with Crippen molar-refractivity contribution in [3.63, 3.8) is 0 Å². The van der Waals surface area contributed by atoms with Crippen LogP contribution in [0.3, 0.4) is 0 Å². The van der Waals surface area contributed by atoms with Crippen LogP contribution in [-0.4, -0.2) is 23.6 Å². The van der Waals surface area contributed by atoms with Crippen LogP contribution in [-0.2, 0) is 16.0 Å². The van der Waals surface area contributed by atoms with Crippen molar-refractivity contribution in [1.29, 1.82) is 0 Å². The van der Waals surface area contributed by atoms with Gasteiger partial charge in [-0.05, 0) is 50.5 Å². The van der Waals surface area contributed by atoms with Gasteiger partial charge in [0.05, 0.1) is 0 Å². The van der Waals surface area contributed by atoms with Crippen molar-refractivity contribution in [1.82, 2.24) is 0 Å². The molecule has 1 aromatic carbocycles. The highest BCUT2D eigenvalue weighted by Crippen LogP contribution is 2.22. The van der Waals surface area contributed by atoms with E-state index >= 15 is 0 Å². The molecule has 6 heteroatoms. The SMILES string of the molecule is Cc1cc(CCCC(=O)Nc2cccc(OCC(=O)O)c2)c(C)s1. The van der Waals surface area contributed by atoms with Gasteiger partial charge in [-0.3, -0.25) is 4.79 Å². The van der Waals surface area contributed by atoms with E-state index in [0.29, 0.717) is 17.9 Å². The molecule has 0 saturated heterocycles. The molecule has 5 nitrogen and oxygen atoms in total. The number of aryl methyl sites for hydroxylation is 3. The molecule has 0 unspecified atom stereocenters. The molecule has 0 bridgehead atoms. The number of ether oxygens (including phenoxy) is 1. The van der Waals surface area contributed by atoms with Gasteiger partial charge in [0.15, 0.2) is 6.61 Å². The molecule has 0 aliphatic rings. The number of carboxylic acids is 1. The zero-order chi connectivity index (χ0) is 17.5. The molecule has 0 aliphatic heterocycles. The van der Waals surface area contributed by atoms with Crippen LogP contribution in [0.2, 0.25) is 0 Å². The lowest BCUT2D eigenvalue weighted by atomic mass is 10.1. The topological polar surface area (TPSA) is 75.6 Å². The highest BCUT2D eigenvalue weighted by molar-refractivity contribution is 7.12. The average molecular weight is 347 g/mol. The fourth-order valence-corrected chi connectivity index (χ4v) is 3.38. The van der Waals surface area contributed by atoms with Crippen molar-refractivity contribution in [2.45, 2.75) is 33.1 Å². The first-order valence-corrected chi connectivity index (χ1v) is 8.56. The molecular formula is C18H21NO4S. The Kier molecular flexibility index (Phi) is 6.37. The fourth-order valence-electron chi connectivity index (χ4n) is 2.40. The fraction of sp³-hybridized carbons (Fsp3) is 0.333. The van der Waals surface area contributed by atoms with Crippen LogP contribution in [0.25, 0.3) is 0 Å². The molecule has 0 fully saturated rings. The lowest BCUT2D eigenvalue weighted by Gasteiger charge is -2.08. The van der Waals surface area contributed by atoms with E-state index in [2.05, 4.69) is 25.2 Å². The standard InChI is InChI=1S/C18H21NO4S/c1-12-9-14(13(2)24-12)5-3-8-17(20)19-15-6-4-7-16(10-15)23-11-18(21)22/h4,6-7,9-10H,3,5,8,11H2,1-2H3,(H,19,20)(H,21,22). The monoisotopic (exact) mass is 347 g/mol. The first-order chi connectivity index (χ1) is 11.4. The van der Waals surface area contributed by atoms with Crippen molar-refractivity contribution < 1.29 is 19.4 Å². The Morgan fingerprint density at radius 1 is 1.25 bits per heavy atom. The van der Waals surface area contributed by atoms with Gasteiger partial charge in [0.1, 0.15) is 5.75 Å². The predicted octanol–water partition coefficient (Wildman–Crippen LogP) is 3.79. The molecule has 0 atom stereocenters. The summed E-state index contributed by atoms with van der Waals surface area (Å²) in [7, 11) is 0. The number of carbonyl (C=O) groups excluding carboxylic acids is 1. The highest BCUT2D eigenvalue weighted by Gasteiger charge is 2.07. The minimum Gasteiger partial charge on any atom is -0.482 e. The van der Waals surface area contributed by atoms with Gasteiger partial charge in [-0.15, -0.1) is 11.3 Å². The molecule has 1 amide bonds. The third-order valence-corrected chi connectivity index (χ3v) is 4.48. The van der Waals surface area contributed by atoms with Crippen LogP contribution >= 0.6 is 11.3 Å². The van der Waals surface area contributed by atoms with Crippen LogP contribution < -0.4 is 10.1 Å². The maximum absolute atomic E-state index is 12.0. The second-order valence-corrected chi connectivity index (χ2v) is 7.01. The quantitative estimate of drug-likeness (QED) is 0.762. The number of carbonyl (C=O) groups is 2. The minimum absolute atomic E-state index is 0.0602. The van der Waals surface area contributed by atoms with E-state index in [-0.39, 0.29) is 5.91 Å². The van der Waals surface area contributed by atoms with Gasteiger partial charge < -0.3 is 15.2 Å². The third kappa shape index (κ3) is 5.70. The number of rotatable bonds is 8. The molecule has 128 valence electrons. The Morgan fingerprint density at radius 3 is 2.71 bits per heavy atom. The van der Waals surface area contributed by atoms with E-state index in [9.17, 15) is 9.59 Å². The number of aliphatic carboxylic acids is 1. The summed E-state index contributed by atoms with van der Waals surface area (Å²) in [5, 5.41) is 11.4. The summed E-state index contributed by atoms with van der Waals surface area (Å²) in [6, 6.07) is 8.91. The van der Waals surface area contributed by atoms with Gasteiger partial charge in [-0.25, -0.2) is 4.79 Å². The molecule has 2 rings (SSSR count). The maximum atomic E-state index is 12.0. The van der Waals surface area contributed by atoms with E-state index in [1.807, 2.05) is 0 Å². The van der Waals surface area contributed by atoms with E-state index < -0.39 is 12.6 Å². The van der Waals surface area contributed by atoms with Gasteiger partial charge in [0.2, 0.25) is 5.91 Å². The van der Waals surface area contributed by atoms with Crippen LogP contribution in [0.15, 0.2) is 30.3 Å². The minimum atomic E-state index is -1.04. The smallest absolute Gasteiger partial charge is 0.341 e. The summed E-state index contributed by atoms with van der Waals surface area (Å²) in [6.45, 7) is 3.79. The molecule has 2 aromatic rings. The molecule has 2 N–H and O–H groups in total. The molecule has 0 spiro atoms. The zero-order valence-electron chi connectivity index (χ0n) is 13.8. The normalized spacial score (nSPS) is 10.4. The van der Waals surface area contributed by atoms with Gasteiger partial charge >= 0.3 is 5.97 Å². The number of nitrogens with one attached hydrogen (secondary N) is 1. The maximum Gasteiger partial charge on any atom is 0.341 e. The number of carboxylic acid groups (broad SMARTS) is 1. The summed E-state index contributed by atoms with van der Waals surface area (Å²) in [5.41, 5.74) is 1.92. The summed E-state index contributed by atoms with van der Waals surface area (Å²) in [6.07, 6.45) is 2.12. The van der Waals surface area contributed by atoms with Crippen molar-refractivity contribution >= 4 is 28.9 Å². The Balaban J connectivity index is 1.80. The summed E-state index contributed by atoms with van der Waals surface area (Å²) in [4.78, 5) is 25.1. The van der Waals surface area contributed by atoms with Crippen LogP contribution in [0.1, 0.15) is 28.2 Å². The van der Waals surface area contributed by atoms with Gasteiger partial charge in [-0.1, -0.05) is 6.07 Å². The number of benzene rings is 1. The Bertz CT molecular complexity index is 724. The van der Waals surface area contributed by atoms with E-state index in [0.717, 1.165) is 12.8 Å². The molecule has 0 aliphatic carbocycles. The molecular weight excluding hydrogens is 326 g/mol. The predicted molar refractivity (Wildman–Crippen MR) is 94.9 cm³/mol. The average Bonchev–Trinajstić information content (AvgIpc) is 2.83. The number of hydrogen-bond donors (Lipinski definition) is 2. The van der Waals surface area contributed by atoms with Gasteiger partial charge in [0.25, 0.3) is 0 Å². The summed E-state index contributed by atoms with van der Waals surface area (Å²) in [5.74, 6) is -0.682. The van der Waals surface area contributed by atoms with Crippen molar-refractivity contribution in [2.24, 2.45) is 0 Å². The van der Waals surface area contributed by atoms with Crippen molar-refractivity contribution in [3.05, 3.63) is 45.6 Å². The van der Waals surface area contributed by atoms with Crippen molar-refractivity contribution in [3.8, 4) is 5.75 Å². The molecule has 24 heavy (non-hydrogen) atoms. The lowest BCUT2D eigenvalue weighted by molar-refractivity contribution is -0.139. The third-order valence-electron chi connectivity index (χ3n) is 3.47. The van der Waals surface area contributed by atoms with Gasteiger partial charge in [0, 0.05) is 27.9 Å². The number of hydrogen-bond acceptors (Lipinski definition) is 4. The lowest BCUT2D eigenvalue weighted by Crippen LogP contribution is -2.12. The largest absolute Gasteiger partial charge is 0.482 e. The van der Waals surface area contributed by atoms with Crippen LogP contribution in [0.5, 0.6) is 5.75 Å². The molecule has 0 radical (unpaired) electrons. The summed E-state index contributed by atoms with van der Waals surface area (Å²) < 4.78 is 5.09. The number of thiophene rings is 1. The van der Waals surface area contributed by atoms with E-state index in [4.69, 9.17) is 9.84 Å². The van der Waals surface area contributed by atoms with Crippen molar-refractivity contribution in [2.75, 3.05) is 11.9 Å². The van der Waals surface area contributed by atoms with Crippen LogP contribution in [0, 0.1) is 13.8 Å². The molecule has 1 aromatic heterocycles. The Morgan fingerprint density at radius 2 is 2.04 bits per heavy atom. The van der Waals surface area contributed by atoms with Crippen LogP contribution in [0.4, 0.5) is 5.69 Å². The number of amides is 1. The summed E-state index contributed by atoms with van der Waals surface area (Å²) >= 11 is 1.78. The second-order valence-electron chi connectivity index (χ2n) is 5.55. The van der Waals surface area contributed by atoms with Gasteiger partial charge in [-0.2, -0.15) is 0 Å². The second kappa shape index (κ2) is 8.49.